The Morgan fingerprint density at radius 3 is 2.64 bits per heavy atom. The average molecular weight is 264 g/mol. The van der Waals surface area contributed by atoms with Crippen molar-refractivity contribution in [2.45, 2.75) is 43.0 Å². The zero-order valence-corrected chi connectivity index (χ0v) is 9.38. The highest BCUT2D eigenvalue weighted by molar-refractivity contribution is 14.1. The van der Waals surface area contributed by atoms with E-state index in [1.807, 2.05) is 0 Å². The molecule has 1 heteroatoms. The summed E-state index contributed by atoms with van der Waals surface area (Å²) in [5.74, 6) is 3.39. The largest absolute Gasteiger partial charge is 0.0829 e. The molecule has 2 rings (SSSR count). The predicted molar refractivity (Wildman–Crippen MR) is 57.0 cm³/mol. The third kappa shape index (κ3) is 1.73. The molecule has 2 saturated carbocycles. The SMILES string of the molecule is CC(I)CC1CC2CCC1C2. The molecule has 64 valence electrons. The van der Waals surface area contributed by atoms with E-state index < -0.39 is 0 Å². The van der Waals surface area contributed by atoms with Gasteiger partial charge in [-0.1, -0.05) is 35.9 Å². The van der Waals surface area contributed by atoms with Gasteiger partial charge in [0.15, 0.2) is 0 Å². The van der Waals surface area contributed by atoms with E-state index in [9.17, 15) is 0 Å². The molecule has 0 heterocycles. The van der Waals surface area contributed by atoms with Gasteiger partial charge in [-0.3, -0.25) is 0 Å². The van der Waals surface area contributed by atoms with Crippen LogP contribution in [0.5, 0.6) is 0 Å². The lowest BCUT2D eigenvalue weighted by Crippen LogP contribution is -2.13. The minimum absolute atomic E-state index is 0.900. The first kappa shape index (κ1) is 8.33. The molecule has 0 aromatic heterocycles. The van der Waals surface area contributed by atoms with Gasteiger partial charge in [0.25, 0.3) is 0 Å². The number of rotatable bonds is 2. The van der Waals surface area contributed by atoms with Crippen molar-refractivity contribution in [3.63, 3.8) is 0 Å². The third-order valence-electron chi connectivity index (χ3n) is 3.51. The number of halogens is 1. The molecule has 0 N–H and O–H groups in total. The van der Waals surface area contributed by atoms with Crippen molar-refractivity contribution in [3.05, 3.63) is 0 Å². The minimum Gasteiger partial charge on any atom is -0.0829 e. The number of hydrogen-bond donors (Lipinski definition) is 0. The second kappa shape index (κ2) is 3.23. The fourth-order valence-electron chi connectivity index (χ4n) is 3.08. The monoisotopic (exact) mass is 264 g/mol. The smallest absolute Gasteiger partial charge is 0.00840 e. The Hall–Kier alpha value is 0.730. The van der Waals surface area contributed by atoms with Gasteiger partial charge in [-0.15, -0.1) is 0 Å². The molecule has 0 aromatic carbocycles. The maximum absolute atomic E-state index is 2.57. The molecule has 4 atom stereocenters. The second-order valence-corrected chi connectivity index (χ2v) is 6.58. The number of hydrogen-bond acceptors (Lipinski definition) is 0. The molecule has 11 heavy (non-hydrogen) atoms. The third-order valence-corrected chi connectivity index (χ3v) is 4.02. The number of fused-ring (bicyclic) bond motifs is 2. The molecule has 2 aliphatic carbocycles. The van der Waals surface area contributed by atoms with Crippen LogP contribution in [0.4, 0.5) is 0 Å². The standard InChI is InChI=1S/C10H17I/c1-7(11)4-10-6-8-2-3-9(10)5-8/h7-10H,2-6H2,1H3. The molecule has 0 aliphatic heterocycles. The van der Waals surface area contributed by atoms with Crippen molar-refractivity contribution in [2.24, 2.45) is 17.8 Å². The fraction of sp³-hybridized carbons (Fsp3) is 1.00. The Morgan fingerprint density at radius 1 is 1.36 bits per heavy atom. The van der Waals surface area contributed by atoms with Crippen LogP contribution < -0.4 is 0 Å². The summed E-state index contributed by atoms with van der Waals surface area (Å²) in [6, 6.07) is 0. The van der Waals surface area contributed by atoms with Gasteiger partial charge in [0.05, 0.1) is 0 Å². The highest BCUT2D eigenvalue weighted by Crippen LogP contribution is 2.50. The molecule has 0 nitrogen and oxygen atoms in total. The van der Waals surface area contributed by atoms with Crippen LogP contribution in [0.1, 0.15) is 39.0 Å². The molecule has 0 radical (unpaired) electrons. The Labute approximate surface area is 83.3 Å². The molecule has 0 saturated heterocycles. The Morgan fingerprint density at radius 2 is 2.18 bits per heavy atom. The van der Waals surface area contributed by atoms with Gasteiger partial charge < -0.3 is 0 Å². The van der Waals surface area contributed by atoms with Gasteiger partial charge in [-0.05, 0) is 43.4 Å². The lowest BCUT2D eigenvalue weighted by atomic mass is 9.86. The molecular formula is C10H17I. The van der Waals surface area contributed by atoms with E-state index in [1.165, 1.54) is 6.42 Å². The van der Waals surface area contributed by atoms with E-state index in [-0.39, 0.29) is 0 Å². The van der Waals surface area contributed by atoms with E-state index in [4.69, 9.17) is 0 Å². The lowest BCUT2D eigenvalue weighted by Gasteiger charge is -2.22. The van der Waals surface area contributed by atoms with Crippen molar-refractivity contribution >= 4 is 22.6 Å². The summed E-state index contributed by atoms with van der Waals surface area (Å²) in [4.78, 5) is 0. The molecule has 2 fully saturated rings. The zero-order chi connectivity index (χ0) is 7.84. The molecule has 0 amide bonds. The van der Waals surface area contributed by atoms with Crippen LogP contribution in [-0.2, 0) is 0 Å². The summed E-state index contributed by atoms with van der Waals surface area (Å²) >= 11 is 2.57. The van der Waals surface area contributed by atoms with Crippen molar-refractivity contribution in [2.75, 3.05) is 0 Å². The fourth-order valence-corrected chi connectivity index (χ4v) is 3.74. The predicted octanol–water partition coefficient (Wildman–Crippen LogP) is 3.64. The van der Waals surface area contributed by atoms with Crippen molar-refractivity contribution in [1.29, 1.82) is 0 Å². The van der Waals surface area contributed by atoms with Crippen LogP contribution in [0.3, 0.4) is 0 Å². The lowest BCUT2D eigenvalue weighted by molar-refractivity contribution is 0.317. The van der Waals surface area contributed by atoms with Crippen LogP contribution in [0.2, 0.25) is 0 Å². The van der Waals surface area contributed by atoms with Crippen molar-refractivity contribution in [3.8, 4) is 0 Å². The van der Waals surface area contributed by atoms with Crippen LogP contribution in [0, 0.1) is 17.8 Å². The van der Waals surface area contributed by atoms with Gasteiger partial charge in [-0.2, -0.15) is 0 Å². The van der Waals surface area contributed by atoms with E-state index in [1.54, 1.807) is 25.7 Å². The minimum atomic E-state index is 0.900. The highest BCUT2D eigenvalue weighted by Gasteiger charge is 2.39. The molecular weight excluding hydrogens is 247 g/mol. The van der Waals surface area contributed by atoms with Gasteiger partial charge in [-0.25, -0.2) is 0 Å². The Kier molecular flexibility index (Phi) is 2.45. The topological polar surface area (TPSA) is 0 Å². The second-order valence-electron chi connectivity index (χ2n) is 4.45. The van der Waals surface area contributed by atoms with E-state index in [0.29, 0.717) is 0 Å². The van der Waals surface area contributed by atoms with Crippen molar-refractivity contribution < 1.29 is 0 Å². The molecule has 0 spiro atoms. The van der Waals surface area contributed by atoms with Gasteiger partial charge in [0.2, 0.25) is 0 Å². The zero-order valence-electron chi connectivity index (χ0n) is 7.22. The van der Waals surface area contributed by atoms with Gasteiger partial charge in [0, 0.05) is 3.92 Å². The van der Waals surface area contributed by atoms with Gasteiger partial charge >= 0.3 is 0 Å². The van der Waals surface area contributed by atoms with Crippen molar-refractivity contribution in [1.82, 2.24) is 0 Å². The summed E-state index contributed by atoms with van der Waals surface area (Å²) in [7, 11) is 0. The van der Waals surface area contributed by atoms with E-state index in [0.717, 1.165) is 21.7 Å². The van der Waals surface area contributed by atoms with E-state index >= 15 is 0 Å². The number of alkyl halides is 1. The van der Waals surface area contributed by atoms with Gasteiger partial charge in [0.1, 0.15) is 0 Å². The molecule has 4 unspecified atom stereocenters. The first-order valence-corrected chi connectivity index (χ1v) is 6.14. The first-order chi connectivity index (χ1) is 5.25. The Balaban J connectivity index is 1.87. The Bertz CT molecular complexity index is 142. The first-order valence-electron chi connectivity index (χ1n) is 4.89. The van der Waals surface area contributed by atoms with Crippen LogP contribution in [-0.4, -0.2) is 3.92 Å². The summed E-state index contributed by atoms with van der Waals surface area (Å²) in [6.45, 7) is 2.35. The van der Waals surface area contributed by atoms with E-state index in [2.05, 4.69) is 29.5 Å². The molecule has 2 bridgehead atoms. The maximum Gasteiger partial charge on any atom is 0.00840 e. The van der Waals surface area contributed by atoms with Crippen LogP contribution in [0.25, 0.3) is 0 Å². The average Bonchev–Trinajstić information content (AvgIpc) is 2.45. The maximum atomic E-state index is 2.57. The molecule has 2 aliphatic rings. The van der Waals surface area contributed by atoms with Crippen LogP contribution in [0.15, 0.2) is 0 Å². The normalized spacial score (nSPS) is 44.7. The summed E-state index contributed by atoms with van der Waals surface area (Å²) in [5, 5.41) is 0. The summed E-state index contributed by atoms with van der Waals surface area (Å²) in [6.07, 6.45) is 7.74. The van der Waals surface area contributed by atoms with Crippen LogP contribution >= 0.6 is 22.6 Å². The summed E-state index contributed by atoms with van der Waals surface area (Å²) in [5.41, 5.74) is 0. The highest BCUT2D eigenvalue weighted by atomic mass is 127. The quantitative estimate of drug-likeness (QED) is 0.527. The summed E-state index contributed by atoms with van der Waals surface area (Å²) < 4.78 is 0.900. The molecule has 0 aromatic rings.